The van der Waals surface area contributed by atoms with E-state index in [1.54, 1.807) is 17.0 Å². The van der Waals surface area contributed by atoms with Gasteiger partial charge in [-0.05, 0) is 43.2 Å². The molecule has 6 nitrogen and oxygen atoms in total. The minimum atomic E-state index is -0.650. The van der Waals surface area contributed by atoms with Crippen LogP contribution < -0.4 is 0 Å². The fourth-order valence-corrected chi connectivity index (χ4v) is 4.69. The molecule has 7 heteroatoms. The summed E-state index contributed by atoms with van der Waals surface area (Å²) in [6.45, 7) is 3.79. The van der Waals surface area contributed by atoms with Gasteiger partial charge in [0.25, 0.3) is 5.91 Å². The maximum Gasteiger partial charge on any atom is 0.266 e. The Kier molecular flexibility index (Phi) is 4.03. The number of carbonyl (C=O) groups is 2. The second kappa shape index (κ2) is 6.52. The van der Waals surface area contributed by atoms with Crippen LogP contribution in [-0.4, -0.2) is 45.5 Å². The van der Waals surface area contributed by atoms with E-state index in [1.165, 1.54) is 23.4 Å². The molecule has 30 heavy (non-hydrogen) atoms. The average Bonchev–Trinajstić information content (AvgIpc) is 3.09. The van der Waals surface area contributed by atoms with Crippen molar-refractivity contribution in [1.29, 1.82) is 0 Å². The molecule has 0 saturated carbocycles. The number of amides is 2. The summed E-state index contributed by atoms with van der Waals surface area (Å²) >= 11 is 0. The van der Waals surface area contributed by atoms with Gasteiger partial charge >= 0.3 is 0 Å². The zero-order valence-corrected chi connectivity index (χ0v) is 16.7. The van der Waals surface area contributed by atoms with Gasteiger partial charge in [0.2, 0.25) is 5.91 Å². The third-order valence-corrected chi connectivity index (χ3v) is 6.02. The minimum absolute atomic E-state index is 0.139. The van der Waals surface area contributed by atoms with Crippen molar-refractivity contribution in [3.05, 3.63) is 71.2 Å². The topological polar surface area (TPSA) is 68.8 Å². The van der Waals surface area contributed by atoms with Crippen LogP contribution in [0.1, 0.15) is 30.7 Å². The van der Waals surface area contributed by atoms with E-state index in [0.29, 0.717) is 12.0 Å². The molecule has 1 atom stereocenters. The fourth-order valence-electron chi connectivity index (χ4n) is 4.69. The Balaban J connectivity index is 1.52. The Morgan fingerprint density at radius 3 is 2.77 bits per heavy atom. The third kappa shape index (κ3) is 2.73. The van der Waals surface area contributed by atoms with Crippen molar-refractivity contribution in [2.75, 3.05) is 6.54 Å². The summed E-state index contributed by atoms with van der Waals surface area (Å²) in [7, 11) is 0. The number of piperazine rings is 1. The number of aromatic amines is 1. The molecule has 2 aliphatic heterocycles. The Hall–Kier alpha value is -3.48. The number of rotatable bonds is 2. The number of para-hydroxylation sites is 1. The molecule has 0 radical (unpaired) electrons. The lowest BCUT2D eigenvalue weighted by Crippen LogP contribution is -2.66. The standard InChI is InChI=1S/C23H21FN4O2/c1-23(2)21-17(16-8-3-4-9-18(16)26-21)11-19-22(30)27(13-20(29)28(19)23)25-12-14-6-5-7-15(24)10-14/h3-10,12,19,26H,11,13H2,1-2H3/b25-12+. The summed E-state index contributed by atoms with van der Waals surface area (Å²) in [6.07, 6.45) is 1.84. The van der Waals surface area contributed by atoms with Gasteiger partial charge in [-0.2, -0.15) is 5.10 Å². The van der Waals surface area contributed by atoms with E-state index in [1.807, 2.05) is 38.1 Å². The lowest BCUT2D eigenvalue weighted by atomic mass is 9.82. The zero-order valence-electron chi connectivity index (χ0n) is 16.7. The van der Waals surface area contributed by atoms with E-state index in [2.05, 4.69) is 10.1 Å². The maximum atomic E-state index is 13.4. The second-order valence-corrected chi connectivity index (χ2v) is 8.26. The average molecular weight is 404 g/mol. The molecule has 1 aromatic heterocycles. The molecule has 2 aliphatic rings. The molecule has 5 rings (SSSR count). The number of hydrogen-bond donors (Lipinski definition) is 1. The summed E-state index contributed by atoms with van der Waals surface area (Å²) in [5, 5.41) is 6.48. The first-order valence-corrected chi connectivity index (χ1v) is 9.89. The Morgan fingerprint density at radius 2 is 1.97 bits per heavy atom. The Morgan fingerprint density at radius 1 is 1.17 bits per heavy atom. The van der Waals surface area contributed by atoms with E-state index >= 15 is 0 Å². The first-order valence-electron chi connectivity index (χ1n) is 9.89. The molecule has 1 fully saturated rings. The Bertz CT molecular complexity index is 1210. The number of nitrogens with one attached hydrogen (secondary N) is 1. The molecular weight excluding hydrogens is 383 g/mol. The van der Waals surface area contributed by atoms with Gasteiger partial charge < -0.3 is 9.88 Å². The molecular formula is C23H21FN4O2. The first-order chi connectivity index (χ1) is 14.4. The second-order valence-electron chi connectivity index (χ2n) is 8.26. The number of hydrazone groups is 1. The van der Waals surface area contributed by atoms with Crippen molar-refractivity contribution in [2.24, 2.45) is 5.10 Å². The van der Waals surface area contributed by atoms with Crippen LogP contribution in [0.5, 0.6) is 0 Å². The van der Waals surface area contributed by atoms with Gasteiger partial charge in [-0.25, -0.2) is 9.40 Å². The molecule has 0 bridgehead atoms. The predicted octanol–water partition coefficient (Wildman–Crippen LogP) is 3.17. The van der Waals surface area contributed by atoms with E-state index in [0.717, 1.165) is 22.2 Å². The summed E-state index contributed by atoms with van der Waals surface area (Å²) in [5.74, 6) is -0.774. The van der Waals surface area contributed by atoms with Crippen LogP contribution in [0.3, 0.4) is 0 Å². The van der Waals surface area contributed by atoms with Gasteiger partial charge in [0, 0.05) is 23.0 Å². The van der Waals surface area contributed by atoms with E-state index in [-0.39, 0.29) is 24.2 Å². The smallest absolute Gasteiger partial charge is 0.266 e. The Labute approximate surface area is 173 Å². The van der Waals surface area contributed by atoms with Crippen molar-refractivity contribution in [3.8, 4) is 0 Å². The van der Waals surface area contributed by atoms with Gasteiger partial charge in [0.15, 0.2) is 0 Å². The summed E-state index contributed by atoms with van der Waals surface area (Å²) in [4.78, 5) is 31.5. The van der Waals surface area contributed by atoms with E-state index < -0.39 is 11.6 Å². The molecule has 3 aromatic rings. The van der Waals surface area contributed by atoms with Gasteiger partial charge in [-0.15, -0.1) is 0 Å². The molecule has 2 aromatic carbocycles. The number of H-pyrrole nitrogens is 1. The zero-order chi connectivity index (χ0) is 21.0. The number of fused-ring (bicyclic) bond motifs is 4. The quantitative estimate of drug-likeness (QED) is 0.667. The molecule has 1 saturated heterocycles. The lowest BCUT2D eigenvalue weighted by Gasteiger charge is -2.50. The highest BCUT2D eigenvalue weighted by atomic mass is 19.1. The normalized spacial score (nSPS) is 20.7. The monoisotopic (exact) mass is 404 g/mol. The van der Waals surface area contributed by atoms with Crippen molar-refractivity contribution >= 4 is 28.9 Å². The maximum absolute atomic E-state index is 13.4. The number of aromatic nitrogens is 1. The van der Waals surface area contributed by atoms with Crippen LogP contribution in [0, 0.1) is 5.82 Å². The van der Waals surface area contributed by atoms with Crippen molar-refractivity contribution < 1.29 is 14.0 Å². The van der Waals surface area contributed by atoms with Crippen LogP contribution in [0.4, 0.5) is 4.39 Å². The predicted molar refractivity (Wildman–Crippen MR) is 111 cm³/mol. The molecule has 0 aliphatic carbocycles. The number of hydrogen-bond acceptors (Lipinski definition) is 3. The molecule has 1 unspecified atom stereocenters. The first kappa shape index (κ1) is 18.5. The largest absolute Gasteiger partial charge is 0.356 e. The van der Waals surface area contributed by atoms with Gasteiger partial charge in [-0.1, -0.05) is 30.3 Å². The van der Waals surface area contributed by atoms with E-state index in [4.69, 9.17) is 0 Å². The number of carbonyl (C=O) groups excluding carboxylic acids is 2. The number of halogens is 1. The van der Waals surface area contributed by atoms with E-state index in [9.17, 15) is 14.0 Å². The number of nitrogens with zero attached hydrogens (tertiary/aromatic N) is 3. The summed E-state index contributed by atoms with van der Waals surface area (Å²) in [5.41, 5.74) is 2.91. The van der Waals surface area contributed by atoms with Crippen LogP contribution in [0.2, 0.25) is 0 Å². The highest BCUT2D eigenvalue weighted by Crippen LogP contribution is 2.42. The SMILES string of the molecule is CC1(C)c2[nH]c3ccccc3c2CC2C(=O)N(/N=C/c3cccc(F)c3)CC(=O)N21. The highest BCUT2D eigenvalue weighted by Gasteiger charge is 2.51. The van der Waals surface area contributed by atoms with Crippen LogP contribution in [0.15, 0.2) is 53.6 Å². The van der Waals surface area contributed by atoms with Crippen molar-refractivity contribution in [2.45, 2.75) is 31.8 Å². The summed E-state index contributed by atoms with van der Waals surface area (Å²) < 4.78 is 13.4. The third-order valence-electron chi connectivity index (χ3n) is 6.02. The van der Waals surface area contributed by atoms with Crippen LogP contribution >= 0.6 is 0 Å². The van der Waals surface area contributed by atoms with Crippen LogP contribution in [0.25, 0.3) is 10.9 Å². The van der Waals surface area contributed by atoms with Crippen molar-refractivity contribution in [3.63, 3.8) is 0 Å². The van der Waals surface area contributed by atoms with Gasteiger partial charge in [-0.3, -0.25) is 9.59 Å². The molecule has 2 amide bonds. The van der Waals surface area contributed by atoms with Crippen LogP contribution in [-0.2, 0) is 21.5 Å². The van der Waals surface area contributed by atoms with Gasteiger partial charge in [0.05, 0.1) is 11.8 Å². The van der Waals surface area contributed by atoms with Crippen molar-refractivity contribution in [1.82, 2.24) is 14.9 Å². The minimum Gasteiger partial charge on any atom is -0.356 e. The highest BCUT2D eigenvalue weighted by molar-refractivity contribution is 5.98. The fraction of sp³-hybridized carbons (Fsp3) is 0.261. The lowest BCUT2D eigenvalue weighted by molar-refractivity contribution is -0.163. The van der Waals surface area contributed by atoms with Gasteiger partial charge in [0.1, 0.15) is 18.4 Å². The molecule has 0 spiro atoms. The molecule has 152 valence electrons. The molecule has 1 N–H and O–H groups in total. The molecule has 3 heterocycles. The number of benzene rings is 2. The summed E-state index contributed by atoms with van der Waals surface area (Å²) in [6, 6.07) is 13.3.